The van der Waals surface area contributed by atoms with E-state index in [1.165, 1.54) is 0 Å². The van der Waals surface area contributed by atoms with Crippen LogP contribution in [0.15, 0.2) is 97.1 Å². The lowest BCUT2D eigenvalue weighted by atomic mass is 9.95. The molecule has 200 valence electrons. The first-order valence-corrected chi connectivity index (χ1v) is 13.5. The maximum atomic E-state index is 13.8. The minimum Gasteiger partial charge on any atom is -0.497 e. The third-order valence-electron chi connectivity index (χ3n) is 7.07. The van der Waals surface area contributed by atoms with Gasteiger partial charge in [-0.05, 0) is 59.7 Å². The Bertz CT molecular complexity index is 1670. The van der Waals surface area contributed by atoms with Crippen molar-refractivity contribution in [3.63, 3.8) is 0 Å². The number of amides is 1. The lowest BCUT2D eigenvalue weighted by Crippen LogP contribution is -2.29. The number of methoxy groups -OCH3 is 1. The molecule has 6 rings (SSSR count). The summed E-state index contributed by atoms with van der Waals surface area (Å²) >= 11 is 12.8. The van der Waals surface area contributed by atoms with Gasteiger partial charge >= 0.3 is 0 Å². The number of H-pyrrole nitrogens is 1. The molecule has 1 unspecified atom stereocenters. The summed E-state index contributed by atoms with van der Waals surface area (Å²) in [6.45, 7) is 0.700. The first-order chi connectivity index (χ1) is 19.5. The molecule has 1 aromatic heterocycles. The van der Waals surface area contributed by atoms with Crippen LogP contribution in [0, 0.1) is 0 Å². The van der Waals surface area contributed by atoms with Gasteiger partial charge in [-0.25, -0.2) is 0 Å². The molecule has 0 bridgehead atoms. The van der Waals surface area contributed by atoms with Gasteiger partial charge in [-0.15, -0.1) is 0 Å². The molecule has 1 N–H and O–H groups in total. The number of nitrogens with one attached hydrogen (secondary N) is 1. The van der Waals surface area contributed by atoms with Crippen LogP contribution in [0.5, 0.6) is 11.5 Å². The number of halogens is 2. The predicted molar refractivity (Wildman–Crippen MR) is 156 cm³/mol. The third kappa shape index (κ3) is 4.92. The van der Waals surface area contributed by atoms with Crippen molar-refractivity contribution in [2.45, 2.75) is 19.2 Å². The molecule has 0 saturated heterocycles. The summed E-state index contributed by atoms with van der Waals surface area (Å²) < 4.78 is 11.3. The summed E-state index contributed by atoms with van der Waals surface area (Å²) in [6, 6.07) is 30.2. The molecule has 1 amide bonds. The lowest BCUT2D eigenvalue weighted by Gasteiger charge is -2.27. The molecule has 2 heterocycles. The number of aromatic amines is 1. The number of fused-ring (bicyclic) bond motifs is 1. The van der Waals surface area contributed by atoms with Crippen molar-refractivity contribution in [3.05, 3.63) is 135 Å². The quantitative estimate of drug-likeness (QED) is 0.208. The van der Waals surface area contributed by atoms with Crippen molar-refractivity contribution in [1.82, 2.24) is 15.1 Å². The number of rotatable bonds is 8. The average molecular weight is 570 g/mol. The highest BCUT2D eigenvalue weighted by atomic mass is 35.5. The van der Waals surface area contributed by atoms with E-state index in [0.29, 0.717) is 34.6 Å². The van der Waals surface area contributed by atoms with E-state index in [4.69, 9.17) is 32.7 Å². The molecule has 8 heteroatoms. The second-order valence-electron chi connectivity index (χ2n) is 9.47. The van der Waals surface area contributed by atoms with Crippen LogP contribution in [0.1, 0.15) is 38.8 Å². The maximum absolute atomic E-state index is 13.8. The van der Waals surface area contributed by atoms with Gasteiger partial charge in [0.25, 0.3) is 5.91 Å². The molecule has 1 aliphatic heterocycles. The molecule has 0 aliphatic carbocycles. The van der Waals surface area contributed by atoms with E-state index >= 15 is 0 Å². The van der Waals surface area contributed by atoms with Gasteiger partial charge in [-0.2, -0.15) is 5.10 Å². The lowest BCUT2D eigenvalue weighted by molar-refractivity contribution is 0.0730. The van der Waals surface area contributed by atoms with Gasteiger partial charge in [0.2, 0.25) is 0 Å². The van der Waals surface area contributed by atoms with Crippen LogP contribution >= 0.6 is 23.2 Å². The number of carbonyl (C=O) groups is 1. The van der Waals surface area contributed by atoms with Crippen molar-refractivity contribution in [3.8, 4) is 22.8 Å². The van der Waals surface area contributed by atoms with Crippen LogP contribution in [0.2, 0.25) is 10.0 Å². The van der Waals surface area contributed by atoms with Gasteiger partial charge in [0.05, 0.1) is 18.8 Å². The second-order valence-corrected chi connectivity index (χ2v) is 10.3. The van der Waals surface area contributed by atoms with Gasteiger partial charge in [-0.3, -0.25) is 9.89 Å². The van der Waals surface area contributed by atoms with E-state index in [9.17, 15) is 4.79 Å². The fourth-order valence-electron chi connectivity index (χ4n) is 5.01. The molecule has 1 aliphatic rings. The number of benzene rings is 4. The third-order valence-corrected chi connectivity index (χ3v) is 7.81. The van der Waals surface area contributed by atoms with Crippen LogP contribution in [0.25, 0.3) is 11.3 Å². The Morgan fingerprint density at radius 3 is 2.10 bits per heavy atom. The molecule has 5 aromatic rings. The molecule has 0 spiro atoms. The van der Waals surface area contributed by atoms with E-state index in [1.807, 2.05) is 102 Å². The molecule has 0 saturated carbocycles. The van der Waals surface area contributed by atoms with Gasteiger partial charge in [0.15, 0.2) is 0 Å². The number of hydrogen-bond acceptors (Lipinski definition) is 4. The van der Waals surface area contributed by atoms with Crippen molar-refractivity contribution in [2.75, 3.05) is 7.11 Å². The van der Waals surface area contributed by atoms with Crippen molar-refractivity contribution in [2.24, 2.45) is 0 Å². The minimum absolute atomic E-state index is 0.133. The standard InChI is InChI=1S/C32H25Cl2N3O3/c1-39-24-14-10-20(11-15-24)29-28-30(36-35-29)32(38)37(18-22-6-2-4-8-26(22)33)31(28)21-12-16-25(17-13-21)40-19-23-7-3-5-9-27(23)34/h2-17,31H,18-19H2,1H3,(H,35,36). The highest BCUT2D eigenvalue weighted by molar-refractivity contribution is 6.31. The molecular weight excluding hydrogens is 545 g/mol. The van der Waals surface area contributed by atoms with E-state index in [1.54, 1.807) is 7.11 Å². The Morgan fingerprint density at radius 1 is 0.825 bits per heavy atom. The molecule has 4 aromatic carbocycles. The van der Waals surface area contributed by atoms with Gasteiger partial charge < -0.3 is 14.4 Å². The SMILES string of the molecule is COc1ccc(-c2n[nH]c3c2C(c2ccc(OCc4ccccc4Cl)cc2)N(Cc2ccccc2Cl)C3=O)cc1. The average Bonchev–Trinajstić information content (AvgIpc) is 3.53. The first kappa shape index (κ1) is 26.0. The Kier molecular flexibility index (Phi) is 7.20. The monoisotopic (exact) mass is 569 g/mol. The Morgan fingerprint density at radius 2 is 1.45 bits per heavy atom. The summed E-state index contributed by atoms with van der Waals surface area (Å²) in [7, 11) is 1.63. The molecule has 6 nitrogen and oxygen atoms in total. The van der Waals surface area contributed by atoms with Crippen molar-refractivity contribution in [1.29, 1.82) is 0 Å². The van der Waals surface area contributed by atoms with Gasteiger partial charge in [-0.1, -0.05) is 71.7 Å². The van der Waals surface area contributed by atoms with Crippen LogP contribution in [-0.4, -0.2) is 28.1 Å². The summed E-state index contributed by atoms with van der Waals surface area (Å²) in [5.74, 6) is 1.32. The summed E-state index contributed by atoms with van der Waals surface area (Å²) in [5.41, 5.74) is 5.61. The topological polar surface area (TPSA) is 67.5 Å². The smallest absolute Gasteiger partial charge is 0.273 e. The number of hydrogen-bond donors (Lipinski definition) is 1. The Labute approximate surface area is 242 Å². The summed E-state index contributed by atoms with van der Waals surface area (Å²) in [4.78, 5) is 15.6. The van der Waals surface area contributed by atoms with Gasteiger partial charge in [0.1, 0.15) is 23.8 Å². The van der Waals surface area contributed by atoms with Crippen LogP contribution in [-0.2, 0) is 13.2 Å². The fraction of sp³-hybridized carbons (Fsp3) is 0.125. The fourth-order valence-corrected chi connectivity index (χ4v) is 5.39. The van der Waals surface area contributed by atoms with E-state index in [2.05, 4.69) is 10.2 Å². The Balaban J connectivity index is 1.36. The number of ether oxygens (including phenoxy) is 2. The van der Waals surface area contributed by atoms with Crippen LogP contribution < -0.4 is 9.47 Å². The molecule has 0 radical (unpaired) electrons. The maximum Gasteiger partial charge on any atom is 0.273 e. The van der Waals surface area contributed by atoms with E-state index in [-0.39, 0.29) is 11.9 Å². The van der Waals surface area contributed by atoms with Crippen molar-refractivity contribution < 1.29 is 14.3 Å². The van der Waals surface area contributed by atoms with Crippen molar-refractivity contribution >= 4 is 29.1 Å². The van der Waals surface area contributed by atoms with Crippen LogP contribution in [0.4, 0.5) is 0 Å². The zero-order valence-electron chi connectivity index (χ0n) is 21.6. The highest BCUT2D eigenvalue weighted by Gasteiger charge is 2.42. The summed E-state index contributed by atoms with van der Waals surface area (Å²) in [6.07, 6.45) is 0. The number of carbonyl (C=O) groups excluding carboxylic acids is 1. The van der Waals surface area contributed by atoms with Gasteiger partial charge in [0, 0.05) is 33.3 Å². The molecular formula is C32H25Cl2N3O3. The molecule has 0 fully saturated rings. The Hall–Kier alpha value is -4.26. The zero-order chi connectivity index (χ0) is 27.6. The van der Waals surface area contributed by atoms with E-state index in [0.717, 1.165) is 39.3 Å². The molecule has 1 atom stereocenters. The second kappa shape index (κ2) is 11.1. The largest absolute Gasteiger partial charge is 0.497 e. The predicted octanol–water partition coefficient (Wildman–Crippen LogP) is 7.72. The number of nitrogens with zero attached hydrogens (tertiary/aromatic N) is 2. The first-order valence-electron chi connectivity index (χ1n) is 12.8. The minimum atomic E-state index is -0.382. The van der Waals surface area contributed by atoms with E-state index < -0.39 is 0 Å². The van der Waals surface area contributed by atoms with Crippen LogP contribution in [0.3, 0.4) is 0 Å². The zero-order valence-corrected chi connectivity index (χ0v) is 23.1. The highest BCUT2D eigenvalue weighted by Crippen LogP contribution is 2.44. The number of aromatic nitrogens is 2. The summed E-state index contributed by atoms with van der Waals surface area (Å²) in [5, 5.41) is 8.84. The molecule has 40 heavy (non-hydrogen) atoms. The normalized spacial score (nSPS) is 14.3.